The Bertz CT molecular complexity index is 726. The molecule has 0 aliphatic carbocycles. The lowest BCUT2D eigenvalue weighted by molar-refractivity contribution is -0.132. The van der Waals surface area contributed by atoms with E-state index in [2.05, 4.69) is 32.0 Å². The number of rotatable bonds is 4. The molecule has 0 atom stereocenters. The minimum absolute atomic E-state index is 0.280. The molecule has 0 saturated carbocycles. The Kier molecular flexibility index (Phi) is 4.43. The van der Waals surface area contributed by atoms with Gasteiger partial charge in [0.15, 0.2) is 0 Å². The third-order valence-corrected chi connectivity index (χ3v) is 4.15. The molecule has 2 rings (SSSR count). The second-order valence-electron chi connectivity index (χ2n) is 5.51. The molecule has 0 aliphatic rings. The van der Waals surface area contributed by atoms with Crippen LogP contribution in [-0.2, 0) is 11.3 Å². The van der Waals surface area contributed by atoms with Gasteiger partial charge in [0.1, 0.15) is 5.15 Å². The van der Waals surface area contributed by atoms with Crippen molar-refractivity contribution in [3.05, 3.63) is 40.1 Å². The van der Waals surface area contributed by atoms with E-state index in [1.54, 1.807) is 13.0 Å². The van der Waals surface area contributed by atoms with Gasteiger partial charge < -0.3 is 9.67 Å². The first-order valence-electron chi connectivity index (χ1n) is 7.10. The molecule has 4 heteroatoms. The van der Waals surface area contributed by atoms with Gasteiger partial charge in [0.25, 0.3) is 0 Å². The summed E-state index contributed by atoms with van der Waals surface area (Å²) in [4.78, 5) is 11.1. The summed E-state index contributed by atoms with van der Waals surface area (Å²) in [6, 6.07) is 6.28. The molecule has 1 aromatic heterocycles. The van der Waals surface area contributed by atoms with Crippen LogP contribution in [0.15, 0.2) is 23.8 Å². The first-order chi connectivity index (χ1) is 9.86. The van der Waals surface area contributed by atoms with Gasteiger partial charge in [-0.1, -0.05) is 31.5 Å². The van der Waals surface area contributed by atoms with E-state index in [4.69, 9.17) is 16.7 Å². The van der Waals surface area contributed by atoms with E-state index in [1.165, 1.54) is 5.56 Å². The van der Waals surface area contributed by atoms with E-state index < -0.39 is 5.97 Å². The fourth-order valence-corrected chi connectivity index (χ4v) is 2.82. The highest BCUT2D eigenvalue weighted by Gasteiger charge is 2.15. The Morgan fingerprint density at radius 1 is 1.43 bits per heavy atom. The number of nitrogens with zero attached hydrogens (tertiary/aromatic N) is 1. The Labute approximate surface area is 129 Å². The van der Waals surface area contributed by atoms with Crippen molar-refractivity contribution in [1.29, 1.82) is 0 Å². The summed E-state index contributed by atoms with van der Waals surface area (Å²) in [5, 5.41) is 10.7. The van der Waals surface area contributed by atoms with Crippen LogP contribution in [0.2, 0.25) is 5.15 Å². The number of carboxylic acid groups (broad SMARTS) is 1. The number of hydrogen-bond acceptors (Lipinski definition) is 1. The van der Waals surface area contributed by atoms with Crippen molar-refractivity contribution in [2.75, 3.05) is 0 Å². The number of aliphatic carboxylic acids is 1. The lowest BCUT2D eigenvalue weighted by Crippen LogP contribution is -1.96. The van der Waals surface area contributed by atoms with Gasteiger partial charge in [-0.2, -0.15) is 0 Å². The largest absolute Gasteiger partial charge is 0.478 e. The normalized spacial score (nSPS) is 12.4. The maximum absolute atomic E-state index is 11.1. The third-order valence-electron chi connectivity index (χ3n) is 3.74. The standard InChI is InChI=1S/C17H20ClNO2/c1-5-19-15-7-6-12(10(2)3)9-13(15)14(16(19)18)8-11(4)17(20)21/h6-10H,5H2,1-4H3,(H,20,21)/b11-8+. The highest BCUT2D eigenvalue weighted by molar-refractivity contribution is 6.33. The van der Waals surface area contributed by atoms with Crippen LogP contribution in [0.3, 0.4) is 0 Å². The molecular weight excluding hydrogens is 286 g/mol. The lowest BCUT2D eigenvalue weighted by Gasteiger charge is -2.06. The molecule has 112 valence electrons. The molecule has 0 bridgehead atoms. The Balaban J connectivity index is 2.78. The summed E-state index contributed by atoms with van der Waals surface area (Å²) in [7, 11) is 0. The van der Waals surface area contributed by atoms with E-state index in [0.29, 0.717) is 11.1 Å². The Morgan fingerprint density at radius 2 is 2.10 bits per heavy atom. The number of carboxylic acids is 1. The fourth-order valence-electron chi connectivity index (χ4n) is 2.45. The SMILES string of the molecule is CCn1c(Cl)c(/C=C(\C)C(=O)O)c2cc(C(C)C)ccc21. The number of aromatic nitrogens is 1. The van der Waals surface area contributed by atoms with Gasteiger partial charge in [0.05, 0.1) is 0 Å². The van der Waals surface area contributed by atoms with Gasteiger partial charge in [-0.05, 0) is 43.5 Å². The summed E-state index contributed by atoms with van der Waals surface area (Å²) in [5.74, 6) is -0.515. The van der Waals surface area contributed by atoms with Crippen LogP contribution in [0, 0.1) is 0 Å². The first kappa shape index (κ1) is 15.6. The number of halogens is 1. The molecule has 0 amide bonds. The van der Waals surface area contributed by atoms with E-state index in [-0.39, 0.29) is 5.57 Å². The molecular formula is C17H20ClNO2. The van der Waals surface area contributed by atoms with Crippen LogP contribution in [0.5, 0.6) is 0 Å². The van der Waals surface area contributed by atoms with E-state index >= 15 is 0 Å². The van der Waals surface area contributed by atoms with Crippen LogP contribution in [0.25, 0.3) is 17.0 Å². The zero-order valence-corrected chi connectivity index (χ0v) is 13.5. The van der Waals surface area contributed by atoms with Gasteiger partial charge >= 0.3 is 5.97 Å². The third kappa shape index (κ3) is 2.84. The van der Waals surface area contributed by atoms with Crippen molar-refractivity contribution >= 4 is 34.5 Å². The van der Waals surface area contributed by atoms with Crippen LogP contribution in [-0.4, -0.2) is 15.6 Å². The quantitative estimate of drug-likeness (QED) is 0.814. The maximum Gasteiger partial charge on any atom is 0.331 e. The minimum Gasteiger partial charge on any atom is -0.478 e. The molecule has 1 heterocycles. The van der Waals surface area contributed by atoms with Crippen LogP contribution >= 0.6 is 11.6 Å². The fraction of sp³-hybridized carbons (Fsp3) is 0.353. The van der Waals surface area contributed by atoms with Crippen molar-refractivity contribution in [3.63, 3.8) is 0 Å². The second kappa shape index (κ2) is 5.94. The van der Waals surface area contributed by atoms with Crippen molar-refractivity contribution in [3.8, 4) is 0 Å². The number of hydrogen-bond donors (Lipinski definition) is 1. The second-order valence-corrected chi connectivity index (χ2v) is 5.87. The van der Waals surface area contributed by atoms with Gasteiger partial charge in [-0.25, -0.2) is 4.79 Å². The highest BCUT2D eigenvalue weighted by atomic mass is 35.5. The summed E-state index contributed by atoms with van der Waals surface area (Å²) in [6.07, 6.45) is 1.66. The predicted octanol–water partition coefficient (Wildman–Crippen LogP) is 4.93. The molecule has 0 saturated heterocycles. The summed E-state index contributed by atoms with van der Waals surface area (Å²) in [6.45, 7) is 8.63. The molecule has 21 heavy (non-hydrogen) atoms. The monoisotopic (exact) mass is 305 g/mol. The molecule has 1 N–H and O–H groups in total. The Hall–Kier alpha value is -1.74. The topological polar surface area (TPSA) is 42.2 Å². The molecule has 1 aromatic carbocycles. The highest BCUT2D eigenvalue weighted by Crippen LogP contribution is 2.34. The molecule has 0 spiro atoms. The van der Waals surface area contributed by atoms with Crippen molar-refractivity contribution in [2.24, 2.45) is 0 Å². The zero-order chi connectivity index (χ0) is 15.7. The van der Waals surface area contributed by atoms with Crippen LogP contribution in [0.1, 0.15) is 44.7 Å². The summed E-state index contributed by atoms with van der Waals surface area (Å²) < 4.78 is 2.00. The van der Waals surface area contributed by atoms with Crippen molar-refractivity contribution < 1.29 is 9.90 Å². The van der Waals surface area contributed by atoms with E-state index in [0.717, 1.165) is 23.0 Å². The van der Waals surface area contributed by atoms with Gasteiger partial charge in [0, 0.05) is 28.6 Å². The smallest absolute Gasteiger partial charge is 0.331 e. The van der Waals surface area contributed by atoms with Crippen LogP contribution < -0.4 is 0 Å². The van der Waals surface area contributed by atoms with Crippen molar-refractivity contribution in [2.45, 2.75) is 40.2 Å². The number of carbonyl (C=O) groups is 1. The number of benzene rings is 1. The molecule has 0 unspecified atom stereocenters. The molecule has 2 aromatic rings. The molecule has 0 aliphatic heterocycles. The molecule has 3 nitrogen and oxygen atoms in total. The zero-order valence-electron chi connectivity index (χ0n) is 12.8. The van der Waals surface area contributed by atoms with E-state index in [9.17, 15) is 4.79 Å². The summed E-state index contributed by atoms with van der Waals surface area (Å²) in [5.41, 5.74) is 3.32. The molecule has 0 radical (unpaired) electrons. The summed E-state index contributed by atoms with van der Waals surface area (Å²) >= 11 is 6.46. The van der Waals surface area contributed by atoms with Gasteiger partial charge in [-0.3, -0.25) is 0 Å². The first-order valence-corrected chi connectivity index (χ1v) is 7.47. The maximum atomic E-state index is 11.1. The van der Waals surface area contributed by atoms with Gasteiger partial charge in [-0.15, -0.1) is 0 Å². The number of fused-ring (bicyclic) bond motifs is 1. The van der Waals surface area contributed by atoms with Crippen molar-refractivity contribution in [1.82, 2.24) is 4.57 Å². The Morgan fingerprint density at radius 3 is 2.62 bits per heavy atom. The average molecular weight is 306 g/mol. The molecule has 0 fully saturated rings. The van der Waals surface area contributed by atoms with Gasteiger partial charge in [0.2, 0.25) is 0 Å². The average Bonchev–Trinajstić information content (AvgIpc) is 2.70. The number of aryl methyl sites for hydroxylation is 1. The van der Waals surface area contributed by atoms with E-state index in [1.807, 2.05) is 11.5 Å². The van der Waals surface area contributed by atoms with Crippen LogP contribution in [0.4, 0.5) is 0 Å². The minimum atomic E-state index is -0.927. The lowest BCUT2D eigenvalue weighted by atomic mass is 10.00. The predicted molar refractivity (Wildman–Crippen MR) is 88.0 cm³/mol.